The normalized spacial score (nSPS) is 20.5. The fourth-order valence-electron chi connectivity index (χ4n) is 6.35. The molecule has 3 atom stereocenters. The van der Waals surface area contributed by atoms with Crippen LogP contribution in [0.2, 0.25) is 0 Å². The molecule has 2 aromatic carbocycles. The first-order valence-electron chi connectivity index (χ1n) is 14.5. The topological polar surface area (TPSA) is 77.6 Å². The van der Waals surface area contributed by atoms with Gasteiger partial charge < -0.3 is 19.1 Å². The fraction of sp³-hybridized carbons (Fsp3) is 0.364. The molecule has 8 nitrogen and oxygen atoms in total. The van der Waals surface area contributed by atoms with Crippen molar-refractivity contribution in [3.8, 4) is 6.07 Å². The molecule has 6 rings (SSSR count). The van der Waals surface area contributed by atoms with Crippen molar-refractivity contribution >= 4 is 22.4 Å². The molecule has 4 heterocycles. The molecular weight excluding hydrogens is 531 g/mol. The first-order chi connectivity index (χ1) is 20.3. The van der Waals surface area contributed by atoms with E-state index < -0.39 is 0 Å². The second-order valence-corrected chi connectivity index (χ2v) is 11.3. The number of anilines is 2. The van der Waals surface area contributed by atoms with E-state index in [2.05, 4.69) is 63.9 Å². The van der Waals surface area contributed by atoms with Crippen molar-refractivity contribution in [3.63, 3.8) is 0 Å². The molecule has 2 aliphatic rings. The van der Waals surface area contributed by atoms with Gasteiger partial charge in [-0.25, -0.2) is 9.37 Å². The van der Waals surface area contributed by atoms with Crippen molar-refractivity contribution in [1.29, 1.82) is 5.26 Å². The SMILES string of the molecule is C[C@@H]1CN(c2cc(=O)n(C)c3ccc(C#N)nc23)[C@@H](C)CN1C(c1ccc(F)cc1)c1ccc(N2CCOCC2)cc1. The van der Waals surface area contributed by atoms with Gasteiger partial charge in [0.05, 0.1) is 30.5 Å². The van der Waals surface area contributed by atoms with E-state index in [1.54, 1.807) is 29.8 Å². The standard InChI is InChI=1S/C33H35FN6O2/c1-22-21-40(23(2)20-39(22)30-18-31(41)37(3)29-13-10-27(19-35)36-32(29)30)33(24-4-8-26(34)9-5-24)25-6-11-28(12-7-25)38-14-16-42-17-15-38/h4-13,18,22-23,33H,14-17,20-21H2,1-3H3/t22-,23+,33?/m0/s1. The maximum absolute atomic E-state index is 14.0. The largest absolute Gasteiger partial charge is 0.378 e. The third-order valence-electron chi connectivity index (χ3n) is 8.63. The van der Waals surface area contributed by atoms with Crippen LogP contribution in [-0.4, -0.2) is 65.9 Å². The Bertz CT molecular complexity index is 1670. The van der Waals surface area contributed by atoms with E-state index in [-0.39, 0.29) is 29.5 Å². The number of hydrogen-bond acceptors (Lipinski definition) is 7. The lowest BCUT2D eigenvalue weighted by Crippen LogP contribution is -2.57. The number of rotatable bonds is 5. The van der Waals surface area contributed by atoms with Gasteiger partial charge in [0.25, 0.3) is 5.56 Å². The number of benzene rings is 2. The van der Waals surface area contributed by atoms with Gasteiger partial charge in [0.1, 0.15) is 23.1 Å². The summed E-state index contributed by atoms with van der Waals surface area (Å²) in [6, 6.07) is 22.8. The molecule has 1 unspecified atom stereocenters. The highest BCUT2D eigenvalue weighted by atomic mass is 19.1. The molecule has 0 amide bonds. The quantitative estimate of drug-likeness (QED) is 0.353. The van der Waals surface area contributed by atoms with Crippen molar-refractivity contribution in [2.45, 2.75) is 32.0 Å². The molecule has 42 heavy (non-hydrogen) atoms. The van der Waals surface area contributed by atoms with Crippen molar-refractivity contribution < 1.29 is 9.13 Å². The lowest BCUT2D eigenvalue weighted by molar-refractivity contribution is 0.122. The molecule has 9 heteroatoms. The van der Waals surface area contributed by atoms with Crippen LogP contribution in [0.3, 0.4) is 0 Å². The number of morpholine rings is 1. The summed E-state index contributed by atoms with van der Waals surface area (Å²) < 4.78 is 21.1. The van der Waals surface area contributed by atoms with Gasteiger partial charge in [0.15, 0.2) is 0 Å². The third kappa shape index (κ3) is 5.24. The number of halogens is 1. The first-order valence-corrected chi connectivity index (χ1v) is 14.5. The van der Waals surface area contributed by atoms with Crippen LogP contribution in [0.15, 0.2) is 71.5 Å². The van der Waals surface area contributed by atoms with E-state index in [1.165, 1.54) is 17.8 Å². The van der Waals surface area contributed by atoms with Crippen LogP contribution >= 0.6 is 0 Å². The molecule has 0 aliphatic carbocycles. The minimum absolute atomic E-state index is 0.0413. The van der Waals surface area contributed by atoms with Crippen molar-refractivity contribution in [2.75, 3.05) is 49.2 Å². The second-order valence-electron chi connectivity index (χ2n) is 11.3. The Labute approximate surface area is 245 Å². The monoisotopic (exact) mass is 566 g/mol. The Balaban J connectivity index is 1.35. The number of pyridine rings is 2. The lowest BCUT2D eigenvalue weighted by atomic mass is 9.93. The molecule has 0 radical (unpaired) electrons. The molecule has 2 aliphatic heterocycles. The summed E-state index contributed by atoms with van der Waals surface area (Å²) >= 11 is 0. The summed E-state index contributed by atoms with van der Waals surface area (Å²) in [7, 11) is 1.73. The van der Waals surface area contributed by atoms with Crippen LogP contribution in [0, 0.1) is 17.1 Å². The van der Waals surface area contributed by atoms with Crippen LogP contribution < -0.4 is 15.4 Å². The summed E-state index contributed by atoms with van der Waals surface area (Å²) in [5.41, 5.74) is 5.65. The van der Waals surface area contributed by atoms with Crippen molar-refractivity contribution in [1.82, 2.24) is 14.5 Å². The maximum atomic E-state index is 14.0. The molecule has 2 fully saturated rings. The van der Waals surface area contributed by atoms with E-state index in [9.17, 15) is 14.4 Å². The number of nitriles is 1. The Kier molecular flexibility index (Phi) is 7.67. The Hall–Kier alpha value is -4.26. The summed E-state index contributed by atoms with van der Waals surface area (Å²) in [6.07, 6.45) is 0. The van der Waals surface area contributed by atoms with Gasteiger partial charge >= 0.3 is 0 Å². The van der Waals surface area contributed by atoms with Gasteiger partial charge in [-0.1, -0.05) is 24.3 Å². The first kappa shape index (κ1) is 27.9. The minimum Gasteiger partial charge on any atom is -0.378 e. The van der Waals surface area contributed by atoms with Gasteiger partial charge in [0.2, 0.25) is 0 Å². The highest BCUT2D eigenvalue weighted by Gasteiger charge is 2.36. The van der Waals surface area contributed by atoms with Crippen LogP contribution in [0.4, 0.5) is 15.8 Å². The van der Waals surface area contributed by atoms with Gasteiger partial charge in [-0.05, 0) is 61.4 Å². The van der Waals surface area contributed by atoms with E-state index >= 15 is 0 Å². The molecule has 0 bridgehead atoms. The third-order valence-corrected chi connectivity index (χ3v) is 8.63. The summed E-state index contributed by atoms with van der Waals surface area (Å²) in [6.45, 7) is 8.92. The molecular formula is C33H35FN6O2. The van der Waals surface area contributed by atoms with Crippen LogP contribution in [0.1, 0.15) is 36.7 Å². The zero-order valence-electron chi connectivity index (χ0n) is 24.2. The van der Waals surface area contributed by atoms with Crippen LogP contribution in [0.5, 0.6) is 0 Å². The molecule has 0 N–H and O–H groups in total. The maximum Gasteiger partial charge on any atom is 0.252 e. The molecule has 4 aromatic rings. The highest BCUT2D eigenvalue weighted by Crippen LogP contribution is 2.36. The second kappa shape index (κ2) is 11.6. The molecule has 2 saturated heterocycles. The predicted molar refractivity (Wildman–Crippen MR) is 162 cm³/mol. The van der Waals surface area contributed by atoms with Gasteiger partial charge in [-0.2, -0.15) is 5.26 Å². The van der Waals surface area contributed by atoms with Crippen LogP contribution in [-0.2, 0) is 11.8 Å². The highest BCUT2D eigenvalue weighted by molar-refractivity contribution is 5.89. The molecule has 0 spiro atoms. The number of fused-ring (bicyclic) bond motifs is 1. The average Bonchev–Trinajstić information content (AvgIpc) is 3.02. The molecule has 0 saturated carbocycles. The summed E-state index contributed by atoms with van der Waals surface area (Å²) in [4.78, 5) is 24.6. The van der Waals surface area contributed by atoms with Crippen molar-refractivity contribution in [3.05, 3.63) is 99.7 Å². The zero-order chi connectivity index (χ0) is 29.4. The van der Waals surface area contributed by atoms with Gasteiger partial charge in [-0.3, -0.25) is 9.69 Å². The number of hydrogen-bond donors (Lipinski definition) is 0. The van der Waals surface area contributed by atoms with E-state index in [0.717, 1.165) is 43.1 Å². The summed E-state index contributed by atoms with van der Waals surface area (Å²) in [5.74, 6) is -0.256. The van der Waals surface area contributed by atoms with Crippen molar-refractivity contribution in [2.24, 2.45) is 7.05 Å². The molecule has 2 aromatic heterocycles. The zero-order valence-corrected chi connectivity index (χ0v) is 24.2. The molecule has 216 valence electrons. The summed E-state index contributed by atoms with van der Waals surface area (Å²) in [5, 5.41) is 9.50. The predicted octanol–water partition coefficient (Wildman–Crippen LogP) is 4.47. The Morgan fingerprint density at radius 3 is 2.29 bits per heavy atom. The number of aryl methyl sites for hydroxylation is 1. The van der Waals surface area contributed by atoms with E-state index in [4.69, 9.17) is 4.74 Å². The average molecular weight is 567 g/mol. The van der Waals surface area contributed by atoms with Gasteiger partial charge in [0, 0.05) is 57.1 Å². The van der Waals surface area contributed by atoms with E-state index in [1.807, 2.05) is 12.1 Å². The Morgan fingerprint density at radius 2 is 1.62 bits per heavy atom. The number of ether oxygens (including phenoxy) is 1. The lowest BCUT2D eigenvalue weighted by Gasteiger charge is -2.48. The van der Waals surface area contributed by atoms with Crippen LogP contribution in [0.25, 0.3) is 11.0 Å². The van der Waals surface area contributed by atoms with E-state index in [0.29, 0.717) is 29.8 Å². The fourth-order valence-corrected chi connectivity index (χ4v) is 6.35. The Morgan fingerprint density at radius 1 is 0.952 bits per heavy atom. The minimum atomic E-state index is -0.256. The smallest absolute Gasteiger partial charge is 0.252 e. The number of aromatic nitrogens is 2. The number of nitrogens with zero attached hydrogens (tertiary/aromatic N) is 6. The number of piperazine rings is 1. The van der Waals surface area contributed by atoms with Gasteiger partial charge in [-0.15, -0.1) is 0 Å².